The van der Waals surface area contributed by atoms with E-state index in [0.29, 0.717) is 0 Å². The summed E-state index contributed by atoms with van der Waals surface area (Å²) in [6, 6.07) is 0. The van der Waals surface area contributed by atoms with Gasteiger partial charge in [-0.25, -0.2) is 14.0 Å². The summed E-state index contributed by atoms with van der Waals surface area (Å²) in [6.45, 7) is 0.390. The van der Waals surface area contributed by atoms with Gasteiger partial charge in [-0.3, -0.25) is 0 Å². The highest BCUT2D eigenvalue weighted by Gasteiger charge is 2.97. The van der Waals surface area contributed by atoms with Crippen molar-refractivity contribution in [3.8, 4) is 0 Å². The lowest BCUT2D eigenvalue weighted by Crippen LogP contribution is -2.76. The molecule has 40 heavy (non-hydrogen) atoms. The van der Waals surface area contributed by atoms with E-state index in [1.807, 2.05) is 0 Å². The molecular formula is C17H11F19O4. The molecule has 0 aliphatic rings. The van der Waals surface area contributed by atoms with E-state index in [0.717, 1.165) is 0 Å². The minimum Gasteiger partial charge on any atom is -0.478 e. The number of ether oxygens (including phenoxy) is 1. The molecule has 0 amide bonds. The van der Waals surface area contributed by atoms with Crippen LogP contribution in [-0.4, -0.2) is 76.7 Å². The zero-order chi connectivity index (χ0) is 32.9. The Balaban J connectivity index is 6.95. The number of aliphatic carboxylic acids is 1. The van der Waals surface area contributed by atoms with Gasteiger partial charge in [0.05, 0.1) is 0 Å². The zero-order valence-electron chi connectivity index (χ0n) is 18.7. The predicted molar refractivity (Wildman–Crippen MR) is 87.1 cm³/mol. The molecule has 1 atom stereocenters. The van der Waals surface area contributed by atoms with E-state index in [1.165, 1.54) is 0 Å². The lowest BCUT2D eigenvalue weighted by atomic mass is 9.85. The van der Waals surface area contributed by atoms with Crippen LogP contribution in [0.15, 0.2) is 12.2 Å². The highest BCUT2D eigenvalue weighted by atomic mass is 19.4. The normalized spacial score (nSPS) is 16.4. The SMILES string of the molecule is CC(C)C(F)C(F)(F)C(F)(F)C(F)(F)C(F)(F)C(F)(F)C(F)(F)C(F)(F)C(F)(F)C(F)(F)OC(=O)/C=C/C(=O)O. The number of esters is 1. The number of hydrogen-bond donors (Lipinski definition) is 1. The van der Waals surface area contributed by atoms with Crippen LogP contribution in [0.25, 0.3) is 0 Å². The monoisotopic (exact) mass is 640 g/mol. The molecule has 0 aliphatic heterocycles. The van der Waals surface area contributed by atoms with Gasteiger partial charge in [0, 0.05) is 12.2 Å². The largest absolute Gasteiger partial charge is 0.478 e. The second-order valence-electron chi connectivity index (χ2n) is 7.90. The summed E-state index contributed by atoms with van der Waals surface area (Å²) >= 11 is 0. The topological polar surface area (TPSA) is 63.6 Å². The third kappa shape index (κ3) is 5.22. The molecule has 0 aromatic heterocycles. The fourth-order valence-electron chi connectivity index (χ4n) is 2.33. The summed E-state index contributed by atoms with van der Waals surface area (Å²) in [5, 5.41) is 8.07. The van der Waals surface area contributed by atoms with Crippen molar-refractivity contribution in [1.82, 2.24) is 0 Å². The number of carboxylic acid groups (broad SMARTS) is 1. The molecule has 0 aromatic rings. The maximum absolute atomic E-state index is 13.7. The van der Waals surface area contributed by atoms with Crippen molar-refractivity contribution in [2.45, 2.75) is 73.5 Å². The first-order valence-electron chi connectivity index (χ1n) is 9.35. The molecule has 0 saturated heterocycles. The maximum Gasteiger partial charge on any atom is 0.473 e. The van der Waals surface area contributed by atoms with Crippen molar-refractivity contribution < 1.29 is 103 Å². The van der Waals surface area contributed by atoms with Gasteiger partial charge in [0.15, 0.2) is 6.17 Å². The maximum atomic E-state index is 13.7. The Labute approximate surface area is 207 Å². The summed E-state index contributed by atoms with van der Waals surface area (Å²) in [5.74, 6) is -76.2. The lowest BCUT2D eigenvalue weighted by Gasteiger charge is -2.44. The first-order chi connectivity index (χ1) is 17.2. The second kappa shape index (κ2) is 10.3. The molecule has 0 aliphatic carbocycles. The third-order valence-corrected chi connectivity index (χ3v) is 4.67. The van der Waals surface area contributed by atoms with Crippen LogP contribution in [0.3, 0.4) is 0 Å². The van der Waals surface area contributed by atoms with Gasteiger partial charge >= 0.3 is 65.4 Å². The van der Waals surface area contributed by atoms with Crippen LogP contribution in [0.4, 0.5) is 83.4 Å². The molecule has 0 bridgehead atoms. The molecule has 0 fully saturated rings. The molecule has 0 heterocycles. The minimum absolute atomic E-state index is 0.195. The van der Waals surface area contributed by atoms with E-state index in [1.54, 1.807) is 0 Å². The first kappa shape index (κ1) is 37.4. The van der Waals surface area contributed by atoms with Crippen LogP contribution < -0.4 is 0 Å². The van der Waals surface area contributed by atoms with E-state index in [9.17, 15) is 93.0 Å². The van der Waals surface area contributed by atoms with Gasteiger partial charge in [-0.1, -0.05) is 13.8 Å². The molecule has 0 aromatic carbocycles. The van der Waals surface area contributed by atoms with E-state index in [4.69, 9.17) is 5.11 Å². The number of carbonyl (C=O) groups is 2. The summed E-state index contributed by atoms with van der Waals surface area (Å²) in [7, 11) is 0. The average molecular weight is 640 g/mol. The molecular weight excluding hydrogens is 629 g/mol. The first-order valence-corrected chi connectivity index (χ1v) is 9.35. The Morgan fingerprint density at radius 2 is 0.875 bits per heavy atom. The molecule has 1 unspecified atom stereocenters. The van der Waals surface area contributed by atoms with Crippen molar-refractivity contribution in [1.29, 1.82) is 0 Å². The minimum atomic E-state index is -9.08. The van der Waals surface area contributed by atoms with Gasteiger partial charge in [-0.2, -0.15) is 79.0 Å². The van der Waals surface area contributed by atoms with E-state index in [-0.39, 0.29) is 13.8 Å². The molecule has 0 radical (unpaired) electrons. The molecule has 0 spiro atoms. The predicted octanol–water partition coefficient (Wildman–Crippen LogP) is 6.84. The zero-order valence-corrected chi connectivity index (χ0v) is 18.7. The summed E-state index contributed by atoms with van der Waals surface area (Å²) < 4.78 is 261. The summed E-state index contributed by atoms with van der Waals surface area (Å²) in [6.07, 6.45) is -13.5. The Kier molecular flexibility index (Phi) is 9.63. The Hall–Kier alpha value is -2.65. The van der Waals surface area contributed by atoms with Gasteiger partial charge in [0.2, 0.25) is 0 Å². The lowest BCUT2D eigenvalue weighted by molar-refractivity contribution is -0.475. The van der Waals surface area contributed by atoms with Gasteiger partial charge in [0.25, 0.3) is 0 Å². The molecule has 236 valence electrons. The number of carbonyl (C=O) groups excluding carboxylic acids is 1. The summed E-state index contributed by atoms with van der Waals surface area (Å²) in [4.78, 5) is 20.9. The third-order valence-electron chi connectivity index (χ3n) is 4.67. The Bertz CT molecular complexity index is 985. The van der Waals surface area contributed by atoms with Crippen LogP contribution in [0, 0.1) is 5.92 Å². The average Bonchev–Trinajstić information content (AvgIpc) is 2.75. The Morgan fingerprint density at radius 3 is 1.18 bits per heavy atom. The van der Waals surface area contributed by atoms with Crippen LogP contribution in [0.1, 0.15) is 13.8 Å². The van der Waals surface area contributed by atoms with Crippen molar-refractivity contribution in [3.05, 3.63) is 12.2 Å². The van der Waals surface area contributed by atoms with Crippen molar-refractivity contribution in [3.63, 3.8) is 0 Å². The smallest absolute Gasteiger partial charge is 0.473 e. The van der Waals surface area contributed by atoms with Crippen molar-refractivity contribution in [2.24, 2.45) is 5.92 Å². The molecule has 0 saturated carbocycles. The highest BCUT2D eigenvalue weighted by molar-refractivity contribution is 5.90. The number of alkyl halides is 19. The van der Waals surface area contributed by atoms with Crippen LogP contribution >= 0.6 is 0 Å². The number of hydrogen-bond acceptors (Lipinski definition) is 3. The van der Waals surface area contributed by atoms with Crippen molar-refractivity contribution in [2.75, 3.05) is 0 Å². The molecule has 4 nitrogen and oxygen atoms in total. The van der Waals surface area contributed by atoms with Crippen LogP contribution in [0.5, 0.6) is 0 Å². The molecule has 23 heteroatoms. The highest BCUT2D eigenvalue weighted by Crippen LogP contribution is 2.65. The summed E-state index contributed by atoms with van der Waals surface area (Å²) in [5.41, 5.74) is 0. The molecule has 1 N–H and O–H groups in total. The number of carboxylic acids is 1. The van der Waals surface area contributed by atoms with E-state index >= 15 is 0 Å². The Morgan fingerprint density at radius 1 is 0.575 bits per heavy atom. The number of rotatable bonds is 13. The van der Waals surface area contributed by atoms with Crippen molar-refractivity contribution >= 4 is 11.9 Å². The standard InChI is InChI=1S/C17H11F19O4/c1-5(2)8(18)9(19,20)10(21,22)11(23,24)12(25,26)13(27,28)14(29,30)15(31,32)16(33,34)17(35,36)40-7(39)4-3-6(37)38/h3-5,8H,1-2H3,(H,37,38)/b4-3+. The molecule has 0 rings (SSSR count). The van der Waals surface area contributed by atoms with Gasteiger partial charge < -0.3 is 9.84 Å². The fraction of sp³-hybridized carbons (Fsp3) is 0.765. The van der Waals surface area contributed by atoms with E-state index < -0.39 is 89.7 Å². The number of halogens is 19. The van der Waals surface area contributed by atoms with E-state index in [2.05, 4.69) is 4.74 Å². The quantitative estimate of drug-likeness (QED) is 0.136. The van der Waals surface area contributed by atoms with Crippen LogP contribution in [0.2, 0.25) is 0 Å². The van der Waals surface area contributed by atoms with Gasteiger partial charge in [-0.15, -0.1) is 0 Å². The fourth-order valence-corrected chi connectivity index (χ4v) is 2.33. The second-order valence-corrected chi connectivity index (χ2v) is 7.90. The van der Waals surface area contributed by atoms with Gasteiger partial charge in [0.1, 0.15) is 0 Å². The van der Waals surface area contributed by atoms with Gasteiger partial charge in [-0.05, 0) is 5.92 Å². The van der Waals surface area contributed by atoms with Crippen LogP contribution in [-0.2, 0) is 14.3 Å².